The lowest BCUT2D eigenvalue weighted by atomic mass is 10.2. The molecule has 0 spiro atoms. The zero-order valence-corrected chi connectivity index (χ0v) is 15.5. The van der Waals surface area contributed by atoms with Crippen molar-refractivity contribution in [2.75, 3.05) is 44.7 Å². The van der Waals surface area contributed by atoms with Crippen LogP contribution in [0.15, 0.2) is 41.8 Å². The number of thiophene rings is 1. The Bertz CT molecular complexity index is 903. The van der Waals surface area contributed by atoms with E-state index in [1.165, 1.54) is 0 Å². The van der Waals surface area contributed by atoms with E-state index in [-0.39, 0.29) is 5.91 Å². The fourth-order valence-corrected chi connectivity index (χ4v) is 3.87. The van der Waals surface area contributed by atoms with E-state index in [9.17, 15) is 4.79 Å². The molecule has 0 atom stereocenters. The van der Waals surface area contributed by atoms with Gasteiger partial charge in [-0.25, -0.2) is 9.97 Å². The van der Waals surface area contributed by atoms with Crippen LogP contribution in [0, 0.1) is 0 Å². The minimum Gasteiger partial charge on any atom is -0.358 e. The predicted molar refractivity (Wildman–Crippen MR) is 106 cm³/mol. The second kappa shape index (κ2) is 7.39. The Morgan fingerprint density at radius 2 is 1.92 bits per heavy atom. The van der Waals surface area contributed by atoms with Gasteiger partial charge in [-0.15, -0.1) is 11.3 Å². The smallest absolute Gasteiger partial charge is 0.233 e. The Balaban J connectivity index is 1.63. The first-order chi connectivity index (χ1) is 12.7. The van der Waals surface area contributed by atoms with Crippen LogP contribution in [0.1, 0.15) is 0 Å². The highest BCUT2D eigenvalue weighted by Crippen LogP contribution is 2.29. The fraction of sp³-hybridized carbons (Fsp3) is 0.316. The largest absolute Gasteiger partial charge is 0.358 e. The SMILES string of the molecule is CNC(=O)CN1CCN(c2nc(-c3cccs3)nc3ccccc23)CC1. The molecule has 26 heavy (non-hydrogen) atoms. The Labute approximate surface area is 156 Å². The van der Waals surface area contributed by atoms with E-state index >= 15 is 0 Å². The molecule has 0 unspecified atom stereocenters. The third kappa shape index (κ3) is 3.40. The molecule has 1 aliphatic heterocycles. The number of piperazine rings is 1. The van der Waals surface area contributed by atoms with Crippen LogP contribution in [-0.4, -0.2) is 60.5 Å². The van der Waals surface area contributed by atoms with Crippen LogP contribution in [0.2, 0.25) is 0 Å². The fourth-order valence-electron chi connectivity index (χ4n) is 3.22. The summed E-state index contributed by atoms with van der Waals surface area (Å²) < 4.78 is 0. The first-order valence-corrected chi connectivity index (χ1v) is 9.61. The minimum absolute atomic E-state index is 0.0610. The normalized spacial score (nSPS) is 15.3. The summed E-state index contributed by atoms with van der Waals surface area (Å²) in [5.74, 6) is 1.83. The van der Waals surface area contributed by atoms with Crippen molar-refractivity contribution >= 4 is 34.0 Å². The zero-order chi connectivity index (χ0) is 17.9. The van der Waals surface area contributed by atoms with E-state index < -0.39 is 0 Å². The van der Waals surface area contributed by atoms with Gasteiger partial charge in [0.1, 0.15) is 5.82 Å². The number of carbonyl (C=O) groups is 1. The maximum absolute atomic E-state index is 11.6. The van der Waals surface area contributed by atoms with Gasteiger partial charge in [0.05, 0.1) is 16.9 Å². The molecule has 1 saturated heterocycles. The van der Waals surface area contributed by atoms with Crippen LogP contribution in [0.3, 0.4) is 0 Å². The number of rotatable bonds is 4. The van der Waals surface area contributed by atoms with Crippen LogP contribution in [0.4, 0.5) is 5.82 Å². The van der Waals surface area contributed by atoms with Crippen molar-refractivity contribution in [1.29, 1.82) is 0 Å². The maximum atomic E-state index is 11.6. The number of nitrogens with one attached hydrogen (secondary N) is 1. The van der Waals surface area contributed by atoms with Crippen molar-refractivity contribution < 1.29 is 4.79 Å². The van der Waals surface area contributed by atoms with Crippen molar-refractivity contribution in [3.63, 3.8) is 0 Å². The van der Waals surface area contributed by atoms with E-state index in [0.717, 1.165) is 53.6 Å². The molecule has 6 nitrogen and oxygen atoms in total. The average molecular weight is 367 g/mol. The number of nitrogens with zero attached hydrogens (tertiary/aromatic N) is 4. The highest BCUT2D eigenvalue weighted by molar-refractivity contribution is 7.13. The van der Waals surface area contributed by atoms with Crippen LogP contribution >= 0.6 is 11.3 Å². The molecule has 1 amide bonds. The molecule has 1 N–H and O–H groups in total. The quantitative estimate of drug-likeness (QED) is 0.766. The molecule has 134 valence electrons. The number of aromatic nitrogens is 2. The molecule has 0 bridgehead atoms. The summed E-state index contributed by atoms with van der Waals surface area (Å²) in [7, 11) is 1.68. The van der Waals surface area contributed by atoms with Gasteiger partial charge < -0.3 is 10.2 Å². The zero-order valence-electron chi connectivity index (χ0n) is 14.7. The van der Waals surface area contributed by atoms with Gasteiger partial charge in [-0.05, 0) is 23.6 Å². The summed E-state index contributed by atoms with van der Waals surface area (Å²) in [6.45, 7) is 3.85. The first kappa shape index (κ1) is 16.9. The van der Waals surface area contributed by atoms with Crippen LogP contribution in [0.25, 0.3) is 21.6 Å². The standard InChI is InChI=1S/C19H21N5OS/c1-20-17(25)13-23-8-10-24(11-9-23)19-14-5-2-3-6-15(14)21-18(22-19)16-7-4-12-26-16/h2-7,12H,8-11,13H2,1H3,(H,20,25). The van der Waals surface area contributed by atoms with E-state index in [1.54, 1.807) is 18.4 Å². The lowest BCUT2D eigenvalue weighted by Crippen LogP contribution is -2.49. The summed E-state index contributed by atoms with van der Waals surface area (Å²) in [6, 6.07) is 12.2. The highest BCUT2D eigenvalue weighted by Gasteiger charge is 2.22. The summed E-state index contributed by atoms with van der Waals surface area (Å²) in [5.41, 5.74) is 0.966. The Hall–Kier alpha value is -2.51. The first-order valence-electron chi connectivity index (χ1n) is 8.73. The lowest BCUT2D eigenvalue weighted by Gasteiger charge is -2.35. The maximum Gasteiger partial charge on any atom is 0.233 e. The molecular formula is C19H21N5OS. The molecule has 1 fully saturated rings. The summed E-state index contributed by atoms with van der Waals surface area (Å²) >= 11 is 1.65. The topological polar surface area (TPSA) is 61.4 Å². The predicted octanol–water partition coefficient (Wildman–Crippen LogP) is 2.23. The molecule has 4 rings (SSSR count). The van der Waals surface area contributed by atoms with Gasteiger partial charge in [-0.1, -0.05) is 18.2 Å². The number of benzene rings is 1. The number of para-hydroxylation sites is 1. The van der Waals surface area contributed by atoms with Crippen molar-refractivity contribution in [2.45, 2.75) is 0 Å². The van der Waals surface area contributed by atoms with Gasteiger partial charge >= 0.3 is 0 Å². The van der Waals surface area contributed by atoms with Crippen molar-refractivity contribution in [2.24, 2.45) is 0 Å². The number of likely N-dealkylation sites (N-methyl/N-ethyl adjacent to an activating group) is 1. The van der Waals surface area contributed by atoms with Crippen molar-refractivity contribution in [3.05, 3.63) is 41.8 Å². The van der Waals surface area contributed by atoms with Gasteiger partial charge in [-0.3, -0.25) is 9.69 Å². The van der Waals surface area contributed by atoms with Gasteiger partial charge in [0.15, 0.2) is 5.82 Å². The molecule has 1 aliphatic rings. The Morgan fingerprint density at radius 1 is 1.12 bits per heavy atom. The molecular weight excluding hydrogens is 346 g/mol. The third-order valence-corrected chi connectivity index (χ3v) is 5.51. The second-order valence-corrected chi connectivity index (χ2v) is 7.25. The molecule has 3 heterocycles. The third-order valence-electron chi connectivity index (χ3n) is 4.64. The van der Waals surface area contributed by atoms with Gasteiger partial charge in [0, 0.05) is 38.6 Å². The van der Waals surface area contributed by atoms with Gasteiger partial charge in [0.25, 0.3) is 0 Å². The van der Waals surface area contributed by atoms with Gasteiger partial charge in [-0.2, -0.15) is 0 Å². The van der Waals surface area contributed by atoms with Crippen LogP contribution in [-0.2, 0) is 4.79 Å². The molecule has 1 aromatic carbocycles. The minimum atomic E-state index is 0.0610. The number of hydrogen-bond donors (Lipinski definition) is 1. The van der Waals surface area contributed by atoms with Crippen molar-refractivity contribution in [1.82, 2.24) is 20.2 Å². The Morgan fingerprint density at radius 3 is 2.65 bits per heavy atom. The van der Waals surface area contributed by atoms with Gasteiger partial charge in [0.2, 0.25) is 5.91 Å². The van der Waals surface area contributed by atoms with E-state index in [2.05, 4.69) is 27.2 Å². The average Bonchev–Trinajstić information content (AvgIpc) is 3.22. The molecule has 3 aromatic rings. The van der Waals surface area contributed by atoms with Crippen LogP contribution in [0.5, 0.6) is 0 Å². The highest BCUT2D eigenvalue weighted by atomic mass is 32.1. The summed E-state index contributed by atoms with van der Waals surface area (Å²) in [5, 5.41) is 5.81. The van der Waals surface area contributed by atoms with Crippen molar-refractivity contribution in [3.8, 4) is 10.7 Å². The molecule has 2 aromatic heterocycles. The number of fused-ring (bicyclic) bond motifs is 1. The molecule has 7 heteroatoms. The van der Waals surface area contributed by atoms with Crippen LogP contribution < -0.4 is 10.2 Å². The molecule has 0 radical (unpaired) electrons. The number of amides is 1. The molecule has 0 saturated carbocycles. The van der Waals surface area contributed by atoms with E-state index in [4.69, 9.17) is 9.97 Å². The number of anilines is 1. The van der Waals surface area contributed by atoms with E-state index in [1.807, 2.05) is 29.6 Å². The molecule has 0 aliphatic carbocycles. The lowest BCUT2D eigenvalue weighted by molar-refractivity contribution is -0.121. The second-order valence-electron chi connectivity index (χ2n) is 6.30. The van der Waals surface area contributed by atoms with E-state index in [0.29, 0.717) is 6.54 Å². The number of carbonyl (C=O) groups excluding carboxylic acids is 1. The summed E-state index contributed by atoms with van der Waals surface area (Å²) in [6.07, 6.45) is 0. The Kier molecular flexibility index (Phi) is 4.81. The monoisotopic (exact) mass is 367 g/mol. The summed E-state index contributed by atoms with van der Waals surface area (Å²) in [4.78, 5) is 26.8. The number of hydrogen-bond acceptors (Lipinski definition) is 6.